The van der Waals surface area contributed by atoms with Gasteiger partial charge in [0.15, 0.2) is 0 Å². The van der Waals surface area contributed by atoms with Gasteiger partial charge in [0.1, 0.15) is 18.0 Å². The zero-order valence-electron chi connectivity index (χ0n) is 15.6. The molecule has 2 aromatic carbocycles. The minimum absolute atomic E-state index is 0.142. The number of rotatable bonds is 8. The summed E-state index contributed by atoms with van der Waals surface area (Å²) in [6, 6.07) is 15.3. The first kappa shape index (κ1) is 20.2. The Morgan fingerprint density at radius 2 is 1.59 bits per heavy atom. The highest BCUT2D eigenvalue weighted by Gasteiger charge is 2.11. The fraction of sp³-hybridized carbons (Fsp3) is 0.105. The molecule has 0 radical (unpaired) electrons. The first-order valence-corrected chi connectivity index (χ1v) is 10.1. The Labute approximate surface area is 168 Å². The van der Waals surface area contributed by atoms with E-state index in [-0.39, 0.29) is 11.3 Å². The van der Waals surface area contributed by atoms with Crippen LogP contribution < -0.4 is 21.1 Å². The zero-order chi connectivity index (χ0) is 20.9. The fourth-order valence-electron chi connectivity index (χ4n) is 2.61. The van der Waals surface area contributed by atoms with Crippen molar-refractivity contribution in [3.05, 3.63) is 66.5 Å². The topological polar surface area (TPSA) is 139 Å². The first-order valence-electron chi connectivity index (χ1n) is 8.63. The monoisotopic (exact) mass is 412 g/mol. The van der Waals surface area contributed by atoms with Gasteiger partial charge in [0.05, 0.1) is 11.3 Å². The number of amides is 1. The average molecular weight is 412 g/mol. The number of carbonyl (C=O) groups is 1. The SMILES string of the molecule is CNS(=O)(=O)c1cccc(Nc2cc(Nc3cccc(CC(N)=O)c3)ncn2)c1. The zero-order valence-corrected chi connectivity index (χ0v) is 16.4. The molecular weight excluding hydrogens is 392 g/mol. The summed E-state index contributed by atoms with van der Waals surface area (Å²) in [6.07, 6.45) is 1.53. The number of hydrogen-bond acceptors (Lipinski definition) is 7. The predicted octanol–water partition coefficient (Wildman–Crippen LogP) is 1.90. The molecule has 150 valence electrons. The molecule has 5 N–H and O–H groups in total. The number of anilines is 4. The lowest BCUT2D eigenvalue weighted by atomic mass is 10.1. The van der Waals surface area contributed by atoms with E-state index in [1.54, 1.807) is 18.2 Å². The Bertz CT molecular complexity index is 1130. The Hall–Kier alpha value is -3.50. The Kier molecular flexibility index (Phi) is 6.05. The maximum absolute atomic E-state index is 12.0. The predicted molar refractivity (Wildman–Crippen MR) is 111 cm³/mol. The molecule has 0 atom stereocenters. The van der Waals surface area contributed by atoms with Crippen LogP contribution in [0.15, 0.2) is 65.8 Å². The van der Waals surface area contributed by atoms with Gasteiger partial charge >= 0.3 is 0 Å². The van der Waals surface area contributed by atoms with Gasteiger partial charge in [-0.2, -0.15) is 0 Å². The number of nitrogens with one attached hydrogen (secondary N) is 3. The van der Waals surface area contributed by atoms with E-state index in [9.17, 15) is 13.2 Å². The van der Waals surface area contributed by atoms with E-state index in [2.05, 4.69) is 25.3 Å². The van der Waals surface area contributed by atoms with Crippen LogP contribution in [0.1, 0.15) is 5.56 Å². The van der Waals surface area contributed by atoms with E-state index >= 15 is 0 Å². The number of primary amides is 1. The molecule has 1 amide bonds. The van der Waals surface area contributed by atoms with Crippen molar-refractivity contribution >= 4 is 38.9 Å². The van der Waals surface area contributed by atoms with Crippen molar-refractivity contribution in [1.82, 2.24) is 14.7 Å². The number of sulfonamides is 1. The Balaban J connectivity index is 1.77. The Morgan fingerprint density at radius 1 is 0.966 bits per heavy atom. The second-order valence-electron chi connectivity index (χ2n) is 6.12. The van der Waals surface area contributed by atoms with Crippen molar-refractivity contribution in [3.63, 3.8) is 0 Å². The van der Waals surface area contributed by atoms with Crippen LogP contribution in [0.25, 0.3) is 0 Å². The van der Waals surface area contributed by atoms with Crippen molar-refractivity contribution in [3.8, 4) is 0 Å². The fourth-order valence-corrected chi connectivity index (χ4v) is 3.38. The van der Waals surface area contributed by atoms with E-state index in [1.807, 2.05) is 24.3 Å². The highest BCUT2D eigenvalue weighted by atomic mass is 32.2. The number of aromatic nitrogens is 2. The van der Waals surface area contributed by atoms with Crippen LogP contribution in [0, 0.1) is 0 Å². The third-order valence-electron chi connectivity index (χ3n) is 3.93. The summed E-state index contributed by atoms with van der Waals surface area (Å²) in [5.74, 6) is 0.603. The minimum atomic E-state index is -3.54. The molecule has 29 heavy (non-hydrogen) atoms. The molecule has 0 saturated heterocycles. The number of benzene rings is 2. The molecule has 9 nitrogen and oxygen atoms in total. The number of carbonyl (C=O) groups excluding carboxylic acids is 1. The van der Waals surface area contributed by atoms with Crippen LogP contribution in [-0.4, -0.2) is 31.3 Å². The third kappa shape index (κ3) is 5.50. The Morgan fingerprint density at radius 3 is 2.21 bits per heavy atom. The smallest absolute Gasteiger partial charge is 0.240 e. The summed E-state index contributed by atoms with van der Waals surface area (Å²) in [4.78, 5) is 19.6. The average Bonchev–Trinajstić information content (AvgIpc) is 2.68. The lowest BCUT2D eigenvalue weighted by Gasteiger charge is -2.10. The van der Waals surface area contributed by atoms with Gasteiger partial charge in [-0.15, -0.1) is 0 Å². The number of nitrogens with zero attached hydrogens (tertiary/aromatic N) is 2. The first-order chi connectivity index (χ1) is 13.9. The quantitative estimate of drug-likeness (QED) is 0.443. The van der Waals surface area contributed by atoms with E-state index in [4.69, 9.17) is 5.73 Å². The lowest BCUT2D eigenvalue weighted by Crippen LogP contribution is -2.18. The van der Waals surface area contributed by atoms with E-state index in [1.165, 1.54) is 25.5 Å². The number of nitrogens with two attached hydrogens (primary N) is 1. The third-order valence-corrected chi connectivity index (χ3v) is 5.34. The molecule has 0 saturated carbocycles. The molecule has 0 bridgehead atoms. The number of hydrogen-bond donors (Lipinski definition) is 4. The summed E-state index contributed by atoms with van der Waals surface area (Å²) in [7, 11) is -2.19. The summed E-state index contributed by atoms with van der Waals surface area (Å²) in [5.41, 5.74) is 7.34. The highest BCUT2D eigenvalue weighted by Crippen LogP contribution is 2.22. The molecule has 10 heteroatoms. The molecule has 1 aromatic heterocycles. The normalized spacial score (nSPS) is 11.1. The van der Waals surface area contributed by atoms with Crippen LogP contribution in [0.2, 0.25) is 0 Å². The van der Waals surface area contributed by atoms with Crippen molar-refractivity contribution in [2.24, 2.45) is 5.73 Å². The molecule has 0 aliphatic carbocycles. The molecule has 0 aliphatic heterocycles. The standard InChI is InChI=1S/C19H20N6O3S/c1-21-29(27,28)16-7-3-6-15(10-16)25-19-11-18(22-12-23-19)24-14-5-2-4-13(8-14)9-17(20)26/h2-8,10-12,21H,9H2,1H3,(H2,20,26)(H2,22,23,24,25). The van der Waals surface area contributed by atoms with Crippen LogP contribution >= 0.6 is 0 Å². The van der Waals surface area contributed by atoms with E-state index < -0.39 is 15.9 Å². The largest absolute Gasteiger partial charge is 0.369 e. The summed E-state index contributed by atoms with van der Waals surface area (Å²) in [6.45, 7) is 0. The van der Waals surface area contributed by atoms with Gasteiger partial charge in [-0.05, 0) is 42.9 Å². The highest BCUT2D eigenvalue weighted by molar-refractivity contribution is 7.89. The minimum Gasteiger partial charge on any atom is -0.369 e. The van der Waals surface area contributed by atoms with Crippen LogP contribution in [0.4, 0.5) is 23.0 Å². The molecule has 3 aromatic rings. The second-order valence-corrected chi connectivity index (χ2v) is 8.00. The van der Waals surface area contributed by atoms with Crippen molar-refractivity contribution in [1.29, 1.82) is 0 Å². The summed E-state index contributed by atoms with van der Waals surface area (Å²) < 4.78 is 26.2. The van der Waals surface area contributed by atoms with Gasteiger partial charge in [0.25, 0.3) is 0 Å². The molecule has 0 fully saturated rings. The maximum Gasteiger partial charge on any atom is 0.240 e. The molecule has 3 rings (SSSR count). The molecule has 1 heterocycles. The van der Waals surface area contributed by atoms with Gasteiger partial charge in [-0.3, -0.25) is 4.79 Å². The van der Waals surface area contributed by atoms with Gasteiger partial charge in [0.2, 0.25) is 15.9 Å². The van der Waals surface area contributed by atoms with Crippen molar-refractivity contribution in [2.45, 2.75) is 11.3 Å². The van der Waals surface area contributed by atoms with Crippen LogP contribution in [-0.2, 0) is 21.2 Å². The van der Waals surface area contributed by atoms with Gasteiger partial charge in [-0.25, -0.2) is 23.1 Å². The van der Waals surface area contributed by atoms with E-state index in [0.717, 1.165) is 11.3 Å². The molecular formula is C19H20N6O3S. The summed E-state index contributed by atoms with van der Waals surface area (Å²) in [5, 5.41) is 6.20. The molecule has 0 spiro atoms. The van der Waals surface area contributed by atoms with E-state index in [0.29, 0.717) is 17.3 Å². The maximum atomic E-state index is 12.0. The summed E-state index contributed by atoms with van der Waals surface area (Å²) >= 11 is 0. The second kappa shape index (κ2) is 8.67. The lowest BCUT2D eigenvalue weighted by molar-refractivity contribution is -0.117. The van der Waals surface area contributed by atoms with Gasteiger partial charge < -0.3 is 16.4 Å². The van der Waals surface area contributed by atoms with Crippen molar-refractivity contribution < 1.29 is 13.2 Å². The van der Waals surface area contributed by atoms with Crippen molar-refractivity contribution in [2.75, 3.05) is 17.7 Å². The van der Waals surface area contributed by atoms with Crippen LogP contribution in [0.5, 0.6) is 0 Å². The van der Waals surface area contributed by atoms with Gasteiger partial charge in [-0.1, -0.05) is 18.2 Å². The van der Waals surface area contributed by atoms with Crippen LogP contribution in [0.3, 0.4) is 0 Å². The van der Waals surface area contributed by atoms with Gasteiger partial charge in [0, 0.05) is 17.4 Å². The molecule has 0 aliphatic rings. The molecule has 0 unspecified atom stereocenters.